The monoisotopic (exact) mass is 214 g/mol. The highest BCUT2D eigenvalue weighted by Crippen LogP contribution is 2.10. The maximum absolute atomic E-state index is 11.3. The summed E-state index contributed by atoms with van der Waals surface area (Å²) in [5.74, 6) is -0.269. The summed E-state index contributed by atoms with van der Waals surface area (Å²) in [5.41, 5.74) is 0.633. The highest BCUT2D eigenvalue weighted by molar-refractivity contribution is 5.87. The molecule has 4 nitrogen and oxygen atoms in total. The predicted octanol–water partition coefficient (Wildman–Crippen LogP) is 1.04. The SMILES string of the molecule is C/C(=C\CCCCO)C(=O)OCC1CO1. The Hall–Kier alpha value is -0.870. The van der Waals surface area contributed by atoms with Gasteiger partial charge in [0, 0.05) is 12.2 Å². The summed E-state index contributed by atoms with van der Waals surface area (Å²) in [6.45, 7) is 3.01. The van der Waals surface area contributed by atoms with Crippen molar-refractivity contribution in [1.29, 1.82) is 0 Å². The molecule has 0 aromatic carbocycles. The fraction of sp³-hybridized carbons (Fsp3) is 0.727. The normalized spacial score (nSPS) is 20.1. The molecule has 1 N–H and O–H groups in total. The van der Waals surface area contributed by atoms with Gasteiger partial charge in [0.15, 0.2) is 0 Å². The molecule has 0 radical (unpaired) electrons. The lowest BCUT2D eigenvalue weighted by Gasteiger charge is -2.02. The van der Waals surface area contributed by atoms with E-state index in [1.807, 2.05) is 6.08 Å². The van der Waals surface area contributed by atoms with Gasteiger partial charge in [-0.1, -0.05) is 6.08 Å². The first-order chi connectivity index (χ1) is 7.24. The zero-order valence-corrected chi connectivity index (χ0v) is 9.07. The number of rotatable bonds is 7. The fourth-order valence-electron chi connectivity index (χ4n) is 1.10. The number of hydrogen-bond donors (Lipinski definition) is 1. The van der Waals surface area contributed by atoms with E-state index in [1.165, 1.54) is 0 Å². The number of allylic oxidation sites excluding steroid dienone is 1. The van der Waals surface area contributed by atoms with E-state index in [4.69, 9.17) is 14.6 Å². The number of aliphatic hydroxyl groups excluding tert-OH is 1. The molecule has 0 amide bonds. The number of epoxide rings is 1. The van der Waals surface area contributed by atoms with E-state index < -0.39 is 0 Å². The van der Waals surface area contributed by atoms with Gasteiger partial charge in [0.2, 0.25) is 0 Å². The predicted molar refractivity (Wildman–Crippen MR) is 55.4 cm³/mol. The Bertz CT molecular complexity index is 231. The molecule has 1 aliphatic heterocycles. The van der Waals surface area contributed by atoms with Gasteiger partial charge in [-0.05, 0) is 26.2 Å². The van der Waals surface area contributed by atoms with Gasteiger partial charge in [-0.25, -0.2) is 4.79 Å². The molecule has 1 atom stereocenters. The molecule has 1 aliphatic rings. The van der Waals surface area contributed by atoms with Crippen molar-refractivity contribution in [1.82, 2.24) is 0 Å². The molecular formula is C11H18O4. The minimum Gasteiger partial charge on any atom is -0.459 e. The third-order valence-electron chi connectivity index (χ3n) is 2.19. The summed E-state index contributed by atoms with van der Waals surface area (Å²) >= 11 is 0. The van der Waals surface area contributed by atoms with Gasteiger partial charge in [-0.3, -0.25) is 0 Å². The number of carbonyl (C=O) groups excluding carboxylic acids is 1. The van der Waals surface area contributed by atoms with E-state index in [0.29, 0.717) is 18.8 Å². The summed E-state index contributed by atoms with van der Waals surface area (Å²) in [4.78, 5) is 11.3. The van der Waals surface area contributed by atoms with Gasteiger partial charge in [-0.15, -0.1) is 0 Å². The molecule has 0 aliphatic carbocycles. The maximum Gasteiger partial charge on any atom is 0.333 e. The Kier molecular flexibility index (Phi) is 5.36. The molecule has 0 bridgehead atoms. The second-order valence-electron chi connectivity index (χ2n) is 3.66. The average Bonchev–Trinajstić information content (AvgIpc) is 3.04. The highest BCUT2D eigenvalue weighted by Gasteiger charge is 2.24. The average molecular weight is 214 g/mol. The fourth-order valence-corrected chi connectivity index (χ4v) is 1.10. The molecule has 0 saturated carbocycles. The van der Waals surface area contributed by atoms with Crippen LogP contribution in [0.15, 0.2) is 11.6 Å². The summed E-state index contributed by atoms with van der Waals surface area (Å²) in [6, 6.07) is 0. The van der Waals surface area contributed by atoms with Crippen molar-refractivity contribution in [3.05, 3.63) is 11.6 Å². The molecular weight excluding hydrogens is 196 g/mol. The van der Waals surface area contributed by atoms with Crippen LogP contribution in [0.25, 0.3) is 0 Å². The summed E-state index contributed by atoms with van der Waals surface area (Å²) < 4.78 is 9.93. The van der Waals surface area contributed by atoms with Gasteiger partial charge in [0.25, 0.3) is 0 Å². The van der Waals surface area contributed by atoms with Crippen LogP contribution in [0.3, 0.4) is 0 Å². The Morgan fingerprint density at radius 3 is 2.93 bits per heavy atom. The maximum atomic E-state index is 11.3. The first kappa shape index (κ1) is 12.2. The molecule has 0 spiro atoms. The topological polar surface area (TPSA) is 59.1 Å². The van der Waals surface area contributed by atoms with E-state index in [9.17, 15) is 4.79 Å². The zero-order chi connectivity index (χ0) is 11.1. The first-order valence-electron chi connectivity index (χ1n) is 5.30. The van der Waals surface area contributed by atoms with Crippen molar-refractivity contribution in [2.75, 3.05) is 19.8 Å². The highest BCUT2D eigenvalue weighted by atomic mass is 16.6. The first-order valence-corrected chi connectivity index (χ1v) is 5.30. The van der Waals surface area contributed by atoms with Crippen LogP contribution in [0, 0.1) is 0 Å². The largest absolute Gasteiger partial charge is 0.459 e. The van der Waals surface area contributed by atoms with Crippen molar-refractivity contribution >= 4 is 5.97 Å². The molecule has 0 aromatic heterocycles. The van der Waals surface area contributed by atoms with Gasteiger partial charge >= 0.3 is 5.97 Å². The number of carbonyl (C=O) groups is 1. The summed E-state index contributed by atoms with van der Waals surface area (Å²) in [7, 11) is 0. The second-order valence-corrected chi connectivity index (χ2v) is 3.66. The van der Waals surface area contributed by atoms with E-state index in [2.05, 4.69) is 0 Å². The Morgan fingerprint density at radius 2 is 2.33 bits per heavy atom. The second kappa shape index (κ2) is 6.58. The van der Waals surface area contributed by atoms with Gasteiger partial charge in [-0.2, -0.15) is 0 Å². The van der Waals surface area contributed by atoms with Crippen LogP contribution in [0.2, 0.25) is 0 Å². The van der Waals surface area contributed by atoms with Crippen LogP contribution in [-0.4, -0.2) is 37.0 Å². The third kappa shape index (κ3) is 5.54. The minimum absolute atomic E-state index is 0.121. The van der Waals surface area contributed by atoms with E-state index in [-0.39, 0.29) is 18.7 Å². The standard InChI is InChI=1S/C11H18O4/c1-9(5-3-2-4-6-12)11(13)15-8-10-7-14-10/h5,10,12H,2-4,6-8H2,1H3/b9-5+. The molecule has 4 heteroatoms. The van der Waals surface area contributed by atoms with E-state index in [1.54, 1.807) is 6.92 Å². The van der Waals surface area contributed by atoms with Crippen LogP contribution >= 0.6 is 0 Å². The van der Waals surface area contributed by atoms with Crippen molar-refractivity contribution in [3.63, 3.8) is 0 Å². The van der Waals surface area contributed by atoms with Crippen LogP contribution in [-0.2, 0) is 14.3 Å². The van der Waals surface area contributed by atoms with Crippen LogP contribution in [0.1, 0.15) is 26.2 Å². The lowest BCUT2D eigenvalue weighted by atomic mass is 10.2. The molecule has 1 rings (SSSR count). The molecule has 0 aromatic rings. The van der Waals surface area contributed by atoms with Crippen LogP contribution in [0.5, 0.6) is 0 Å². The molecule has 1 unspecified atom stereocenters. The molecule has 15 heavy (non-hydrogen) atoms. The van der Waals surface area contributed by atoms with E-state index in [0.717, 1.165) is 19.3 Å². The van der Waals surface area contributed by atoms with Gasteiger partial charge in [0.05, 0.1) is 6.61 Å². The number of unbranched alkanes of at least 4 members (excludes halogenated alkanes) is 2. The van der Waals surface area contributed by atoms with Crippen LogP contribution in [0.4, 0.5) is 0 Å². The van der Waals surface area contributed by atoms with Crippen molar-refractivity contribution in [2.24, 2.45) is 0 Å². The molecule has 1 fully saturated rings. The number of aliphatic hydroxyl groups is 1. The number of esters is 1. The van der Waals surface area contributed by atoms with Gasteiger partial charge in [0.1, 0.15) is 12.7 Å². The van der Waals surface area contributed by atoms with Crippen molar-refractivity contribution in [3.8, 4) is 0 Å². The summed E-state index contributed by atoms with van der Waals surface area (Å²) in [6.07, 6.45) is 4.45. The Balaban J connectivity index is 2.11. The number of ether oxygens (including phenoxy) is 2. The van der Waals surface area contributed by atoms with Gasteiger partial charge < -0.3 is 14.6 Å². The molecule has 1 saturated heterocycles. The minimum atomic E-state index is -0.269. The Morgan fingerprint density at radius 1 is 1.60 bits per heavy atom. The molecule has 86 valence electrons. The quantitative estimate of drug-likeness (QED) is 0.298. The zero-order valence-electron chi connectivity index (χ0n) is 9.07. The lowest BCUT2D eigenvalue weighted by Crippen LogP contribution is -2.10. The van der Waals surface area contributed by atoms with Crippen LogP contribution < -0.4 is 0 Å². The smallest absolute Gasteiger partial charge is 0.333 e. The van der Waals surface area contributed by atoms with E-state index >= 15 is 0 Å². The summed E-state index contributed by atoms with van der Waals surface area (Å²) in [5, 5.41) is 8.57. The molecule has 1 heterocycles. The van der Waals surface area contributed by atoms with Crippen molar-refractivity contribution in [2.45, 2.75) is 32.3 Å². The Labute approximate surface area is 89.9 Å². The third-order valence-corrected chi connectivity index (χ3v) is 2.19. The number of hydrogen-bond acceptors (Lipinski definition) is 4. The van der Waals surface area contributed by atoms with Crippen molar-refractivity contribution < 1.29 is 19.4 Å². The lowest BCUT2D eigenvalue weighted by molar-refractivity contribution is -0.139.